The number of aryl methyl sites for hydroxylation is 2. The smallest absolute Gasteiger partial charge is 0.167 e. The van der Waals surface area contributed by atoms with Crippen LogP contribution in [0.2, 0.25) is 5.02 Å². The average Bonchev–Trinajstić information content (AvgIpc) is 2.26. The molecule has 5 heteroatoms. The van der Waals surface area contributed by atoms with E-state index in [2.05, 4.69) is 20.9 Å². The number of nitrogens with zero attached hydrogens (tertiary/aromatic N) is 1. The molecule has 0 radical (unpaired) electrons. The van der Waals surface area contributed by atoms with Crippen molar-refractivity contribution in [3.8, 4) is 11.5 Å². The van der Waals surface area contributed by atoms with E-state index in [1.165, 1.54) is 0 Å². The van der Waals surface area contributed by atoms with Crippen molar-refractivity contribution in [2.75, 3.05) is 5.73 Å². The molecule has 0 spiro atoms. The SMILES string of the molecule is Cc1cc(Cl)cc(C)c1Oc1c(N)cncc1Br. The normalized spacial score (nSPS) is 10.4. The number of hydrogen-bond donors (Lipinski definition) is 1. The van der Waals surface area contributed by atoms with Crippen molar-refractivity contribution in [3.05, 3.63) is 45.1 Å². The number of rotatable bonds is 2. The van der Waals surface area contributed by atoms with Crippen molar-refractivity contribution < 1.29 is 4.74 Å². The van der Waals surface area contributed by atoms with E-state index in [0.29, 0.717) is 16.5 Å². The summed E-state index contributed by atoms with van der Waals surface area (Å²) in [7, 11) is 0. The van der Waals surface area contributed by atoms with Gasteiger partial charge in [0.05, 0.1) is 16.4 Å². The summed E-state index contributed by atoms with van der Waals surface area (Å²) < 4.78 is 6.60. The molecule has 1 aromatic heterocycles. The summed E-state index contributed by atoms with van der Waals surface area (Å²) in [4.78, 5) is 3.97. The molecule has 0 bridgehead atoms. The van der Waals surface area contributed by atoms with Crippen molar-refractivity contribution in [1.29, 1.82) is 0 Å². The van der Waals surface area contributed by atoms with Crippen LogP contribution in [0.5, 0.6) is 11.5 Å². The Bertz CT molecular complexity index is 558. The molecule has 3 nitrogen and oxygen atoms in total. The highest BCUT2D eigenvalue weighted by Gasteiger charge is 2.12. The van der Waals surface area contributed by atoms with E-state index in [1.54, 1.807) is 12.4 Å². The number of benzene rings is 1. The summed E-state index contributed by atoms with van der Waals surface area (Å²) in [6.07, 6.45) is 3.20. The Morgan fingerprint density at radius 2 is 1.78 bits per heavy atom. The zero-order valence-electron chi connectivity index (χ0n) is 10.00. The van der Waals surface area contributed by atoms with Gasteiger partial charge in [0, 0.05) is 11.2 Å². The van der Waals surface area contributed by atoms with E-state index in [-0.39, 0.29) is 0 Å². The summed E-state index contributed by atoms with van der Waals surface area (Å²) >= 11 is 9.36. The molecule has 0 unspecified atom stereocenters. The van der Waals surface area contributed by atoms with Gasteiger partial charge in [0.2, 0.25) is 0 Å². The van der Waals surface area contributed by atoms with Crippen LogP contribution >= 0.6 is 27.5 Å². The van der Waals surface area contributed by atoms with E-state index in [9.17, 15) is 0 Å². The van der Waals surface area contributed by atoms with Crippen molar-refractivity contribution in [2.45, 2.75) is 13.8 Å². The molecule has 0 aliphatic rings. The van der Waals surface area contributed by atoms with Gasteiger partial charge in [-0.15, -0.1) is 0 Å². The van der Waals surface area contributed by atoms with Crippen molar-refractivity contribution in [3.63, 3.8) is 0 Å². The van der Waals surface area contributed by atoms with Gasteiger partial charge in [-0.3, -0.25) is 4.98 Å². The number of pyridine rings is 1. The maximum Gasteiger partial charge on any atom is 0.167 e. The Labute approximate surface area is 119 Å². The third kappa shape index (κ3) is 2.60. The molecule has 0 saturated heterocycles. The van der Waals surface area contributed by atoms with Gasteiger partial charge < -0.3 is 10.5 Å². The molecular weight excluding hydrogens is 316 g/mol. The highest BCUT2D eigenvalue weighted by molar-refractivity contribution is 9.10. The fourth-order valence-electron chi connectivity index (χ4n) is 1.71. The molecule has 1 heterocycles. The van der Waals surface area contributed by atoms with E-state index >= 15 is 0 Å². The lowest BCUT2D eigenvalue weighted by atomic mass is 10.1. The second-order valence-corrected chi connectivity index (χ2v) is 5.30. The molecule has 94 valence electrons. The Kier molecular flexibility index (Phi) is 3.78. The van der Waals surface area contributed by atoms with E-state index in [0.717, 1.165) is 21.3 Å². The van der Waals surface area contributed by atoms with Crippen LogP contribution in [0.4, 0.5) is 5.69 Å². The van der Waals surface area contributed by atoms with Crippen LogP contribution in [0.1, 0.15) is 11.1 Å². The minimum atomic E-state index is 0.484. The van der Waals surface area contributed by atoms with Crippen LogP contribution in [0.15, 0.2) is 29.0 Å². The number of nitrogens with two attached hydrogens (primary N) is 1. The molecule has 2 aromatic rings. The molecule has 0 aliphatic carbocycles. The maximum absolute atomic E-state index is 5.99. The molecule has 0 fully saturated rings. The van der Waals surface area contributed by atoms with Crippen LogP contribution < -0.4 is 10.5 Å². The Hall–Kier alpha value is -1.26. The second kappa shape index (κ2) is 5.16. The minimum absolute atomic E-state index is 0.484. The Morgan fingerprint density at radius 1 is 1.17 bits per heavy atom. The first kappa shape index (κ1) is 13.2. The highest BCUT2D eigenvalue weighted by atomic mass is 79.9. The summed E-state index contributed by atoms with van der Waals surface area (Å²) in [6, 6.07) is 3.71. The molecule has 0 aliphatic heterocycles. The zero-order chi connectivity index (χ0) is 13.3. The average molecular weight is 328 g/mol. The Morgan fingerprint density at radius 3 is 2.33 bits per heavy atom. The fourth-order valence-corrected chi connectivity index (χ4v) is 2.46. The lowest BCUT2D eigenvalue weighted by molar-refractivity contribution is 0.474. The van der Waals surface area contributed by atoms with Gasteiger partial charge in [-0.1, -0.05) is 11.6 Å². The molecule has 2 N–H and O–H groups in total. The summed E-state index contributed by atoms with van der Waals surface area (Å²) in [6.45, 7) is 3.89. The van der Waals surface area contributed by atoms with E-state index in [4.69, 9.17) is 22.1 Å². The number of halogens is 2. The first-order chi connectivity index (χ1) is 8.49. The largest absolute Gasteiger partial charge is 0.453 e. The monoisotopic (exact) mass is 326 g/mol. The van der Waals surface area contributed by atoms with Crippen LogP contribution in [0.3, 0.4) is 0 Å². The predicted octanol–water partition coefficient (Wildman–Crippen LogP) is 4.49. The van der Waals surface area contributed by atoms with Gasteiger partial charge >= 0.3 is 0 Å². The molecule has 18 heavy (non-hydrogen) atoms. The van der Waals surface area contributed by atoms with Gasteiger partial charge in [0.1, 0.15) is 5.75 Å². The summed E-state index contributed by atoms with van der Waals surface area (Å²) in [5, 5.41) is 0.694. The van der Waals surface area contributed by atoms with Crippen molar-refractivity contribution in [1.82, 2.24) is 4.98 Å². The van der Waals surface area contributed by atoms with E-state index < -0.39 is 0 Å². The standard InChI is InChI=1S/C13H12BrClN2O/c1-7-3-9(15)4-8(2)12(7)18-13-10(14)5-17-6-11(13)16/h3-6H,16H2,1-2H3. The number of anilines is 1. The lowest BCUT2D eigenvalue weighted by Crippen LogP contribution is -1.97. The van der Waals surface area contributed by atoms with Gasteiger partial charge in [0.15, 0.2) is 5.75 Å². The number of aromatic nitrogens is 1. The number of hydrogen-bond acceptors (Lipinski definition) is 3. The zero-order valence-corrected chi connectivity index (χ0v) is 12.3. The molecule has 2 rings (SSSR count). The fraction of sp³-hybridized carbons (Fsp3) is 0.154. The second-order valence-electron chi connectivity index (χ2n) is 4.01. The highest BCUT2D eigenvalue weighted by Crippen LogP contribution is 2.37. The topological polar surface area (TPSA) is 48.1 Å². The quantitative estimate of drug-likeness (QED) is 0.884. The molecular formula is C13H12BrClN2O. The predicted molar refractivity (Wildman–Crippen MR) is 77.3 cm³/mol. The minimum Gasteiger partial charge on any atom is -0.453 e. The van der Waals surface area contributed by atoms with Crippen LogP contribution in [0.25, 0.3) is 0 Å². The van der Waals surface area contributed by atoms with Crippen LogP contribution in [-0.4, -0.2) is 4.98 Å². The van der Waals surface area contributed by atoms with Crippen LogP contribution in [0, 0.1) is 13.8 Å². The maximum atomic E-state index is 5.99. The lowest BCUT2D eigenvalue weighted by Gasteiger charge is -2.14. The summed E-state index contributed by atoms with van der Waals surface area (Å²) in [5.41, 5.74) is 8.26. The molecule has 1 aromatic carbocycles. The first-order valence-corrected chi connectivity index (χ1v) is 6.49. The van der Waals surface area contributed by atoms with Gasteiger partial charge in [-0.05, 0) is 53.0 Å². The molecule has 0 amide bonds. The number of ether oxygens (including phenoxy) is 1. The van der Waals surface area contributed by atoms with Gasteiger partial charge in [-0.2, -0.15) is 0 Å². The summed E-state index contributed by atoms with van der Waals surface area (Å²) in [5.74, 6) is 1.33. The molecule has 0 saturated carbocycles. The Balaban J connectivity index is 2.47. The number of nitrogen functional groups attached to an aromatic ring is 1. The van der Waals surface area contributed by atoms with Crippen molar-refractivity contribution in [2.24, 2.45) is 0 Å². The first-order valence-electron chi connectivity index (χ1n) is 5.32. The third-order valence-electron chi connectivity index (χ3n) is 2.51. The third-order valence-corrected chi connectivity index (χ3v) is 3.29. The van der Waals surface area contributed by atoms with Crippen LogP contribution in [-0.2, 0) is 0 Å². The van der Waals surface area contributed by atoms with Gasteiger partial charge in [0.25, 0.3) is 0 Å². The van der Waals surface area contributed by atoms with E-state index in [1.807, 2.05) is 26.0 Å². The molecule has 0 atom stereocenters. The van der Waals surface area contributed by atoms with Crippen molar-refractivity contribution >= 4 is 33.2 Å². The van der Waals surface area contributed by atoms with Gasteiger partial charge in [-0.25, -0.2) is 0 Å².